The standard InChI is InChI=1S/C44H50N6O9.C43H51N5O10.Ag.HNO3/c1-21-13-24-15-30-32(17-45)50-31(36(49(30)7)34(24)37(52)38(21)55-8)16-27-35(41-40(56-20-57-41)22(2)39(27)58-23(3)51)33(50)19-47-42(53)29(48-43(54)59-44(4,5)6)14-25-18-46-28-12-10-9-11-26(25)28;1-20-13-23-15-30-41(52)48-29(34(47(30)7)32(23)35(50)36(20)54-8)16-26-33(39-38(55-19-56-39)21(2)37(26)57-22(3)49)31(48)18-45-40(51)28(46-42(53)58-43(4,5)6)14-24-17-44-27-12-10-9-11-25(24)27;;2-1(3)4/h9-13,18,29-33,36,46,52H,14-16,19-20H2,1-8H3,(H,47,53)(H,48,54);9-13,17,28-31,34,41,44,50,52H,14-16,18-19H2,1-8H3,(H,45,51)(H,46,53);;(H,2,3,4)/t29-,30-,31?,32-,33-,36-;28-,29?,30-,31-,34-,41-;;/m00../s1. The molecule has 12 atom stereocenters. The molecule has 2 aromatic heterocycles. The Bertz CT molecular complexity index is 5510. The van der Waals surface area contributed by atoms with Crippen molar-refractivity contribution in [3.63, 3.8) is 0 Å². The van der Waals surface area contributed by atoms with Crippen LogP contribution >= 0.6 is 0 Å². The molecular formula is C87H102AgN12O22. The number of para-hydroxylation sites is 2. The van der Waals surface area contributed by atoms with Crippen LogP contribution in [0.5, 0.6) is 57.5 Å². The molecule has 35 heteroatoms. The number of aryl methyl sites for hydroxylation is 2. The first-order chi connectivity index (χ1) is 57.4. The molecule has 653 valence electrons. The first kappa shape index (κ1) is 88.2. The predicted octanol–water partition coefficient (Wildman–Crippen LogP) is 9.43. The molecule has 4 amide bonds. The number of nitriles is 1. The number of esters is 2. The van der Waals surface area contributed by atoms with E-state index in [1.165, 1.54) is 28.1 Å². The molecule has 0 aliphatic carbocycles. The largest absolute Gasteiger partial charge is 0.504 e. The Morgan fingerprint density at radius 1 is 0.598 bits per heavy atom. The summed E-state index contributed by atoms with van der Waals surface area (Å²) in [7, 11) is 6.95. The summed E-state index contributed by atoms with van der Waals surface area (Å²) in [6, 6.07) is 15.3. The number of phenolic OH excluding ortho intramolecular Hbond substituents is 2. The zero-order valence-corrected chi connectivity index (χ0v) is 72.0. The van der Waals surface area contributed by atoms with Crippen molar-refractivity contribution in [2.75, 3.05) is 55.0 Å². The minimum absolute atomic E-state index is 0. The smallest absolute Gasteiger partial charge is 0.408 e. The number of carbonyl (C=O) groups excluding carboxylic acids is 6. The van der Waals surface area contributed by atoms with E-state index in [0.29, 0.717) is 110 Å². The number of nitrogens with one attached hydrogen (secondary N) is 6. The fraction of sp³-hybridized carbons (Fsp3) is 0.460. The first-order valence-corrected chi connectivity index (χ1v) is 40.0. The zero-order valence-electron chi connectivity index (χ0n) is 70.5. The van der Waals surface area contributed by atoms with E-state index in [2.05, 4.69) is 52.0 Å². The van der Waals surface area contributed by atoms with E-state index in [1.54, 1.807) is 48.5 Å². The van der Waals surface area contributed by atoms with E-state index in [-0.39, 0.29) is 85.9 Å². The predicted molar refractivity (Wildman–Crippen MR) is 437 cm³/mol. The summed E-state index contributed by atoms with van der Waals surface area (Å²) in [6.45, 7) is 20.3. The fourth-order valence-electron chi connectivity index (χ4n) is 19.4. The summed E-state index contributed by atoms with van der Waals surface area (Å²) in [5.41, 5.74) is 10.4. The van der Waals surface area contributed by atoms with Crippen molar-refractivity contribution in [1.82, 2.24) is 50.8 Å². The summed E-state index contributed by atoms with van der Waals surface area (Å²) < 4.78 is 58.8. The molecule has 10 heterocycles. The van der Waals surface area contributed by atoms with Gasteiger partial charge in [0, 0.05) is 159 Å². The van der Waals surface area contributed by atoms with E-state index in [0.717, 1.165) is 55.2 Å². The summed E-state index contributed by atoms with van der Waals surface area (Å²) in [6.07, 6.45) is 2.93. The fourth-order valence-corrected chi connectivity index (χ4v) is 19.4. The van der Waals surface area contributed by atoms with Gasteiger partial charge in [0.2, 0.25) is 25.4 Å². The van der Waals surface area contributed by atoms with Gasteiger partial charge in [-0.1, -0.05) is 48.5 Å². The number of aliphatic hydroxyl groups is 1. The van der Waals surface area contributed by atoms with Crippen LogP contribution in [0.2, 0.25) is 0 Å². The molecule has 2 saturated heterocycles. The van der Waals surface area contributed by atoms with Crippen LogP contribution in [-0.4, -0.2) is 206 Å². The van der Waals surface area contributed by atoms with Gasteiger partial charge in [0.15, 0.2) is 46.0 Å². The molecule has 2 unspecified atom stereocenters. The summed E-state index contributed by atoms with van der Waals surface area (Å²) in [5.74, 6) is 1.23. The third kappa shape index (κ3) is 16.6. The summed E-state index contributed by atoms with van der Waals surface area (Å²) in [5, 5.41) is 74.6. The number of aromatic amines is 2. The van der Waals surface area contributed by atoms with Crippen LogP contribution < -0.4 is 59.2 Å². The molecule has 0 spiro atoms. The number of carbonyl (C=O) groups is 6. The number of likely N-dealkylation sites (N-methyl/N-ethyl adjacent to an activating group) is 2. The van der Waals surface area contributed by atoms with Gasteiger partial charge in [-0.2, -0.15) is 5.26 Å². The molecule has 8 aliphatic rings. The number of aromatic nitrogens is 2. The maximum Gasteiger partial charge on any atom is 0.408 e. The van der Waals surface area contributed by atoms with Crippen molar-refractivity contribution in [2.24, 2.45) is 0 Å². The van der Waals surface area contributed by atoms with Gasteiger partial charge < -0.3 is 99.1 Å². The second-order valence-electron chi connectivity index (χ2n) is 33.8. The van der Waals surface area contributed by atoms with Crippen molar-refractivity contribution in [3.05, 3.63) is 161 Å². The number of phenols is 2. The Hall–Kier alpha value is -11.5. The Morgan fingerprint density at radius 2 is 0.984 bits per heavy atom. The Morgan fingerprint density at radius 3 is 1.39 bits per heavy atom. The molecule has 8 aromatic rings. The average molecular weight is 1780 g/mol. The second kappa shape index (κ2) is 34.8. The molecule has 122 heavy (non-hydrogen) atoms. The monoisotopic (exact) mass is 1770 g/mol. The number of hydrogen-bond acceptors (Lipinski definition) is 26. The van der Waals surface area contributed by atoms with E-state index < -0.39 is 119 Å². The van der Waals surface area contributed by atoms with Gasteiger partial charge in [0.05, 0.1) is 50.5 Å². The Labute approximate surface area is 719 Å². The van der Waals surface area contributed by atoms with Crippen molar-refractivity contribution < 1.29 is 124 Å². The molecule has 0 saturated carbocycles. The minimum atomic E-state index is -1.50. The van der Waals surface area contributed by atoms with Gasteiger partial charge in [0.25, 0.3) is 5.09 Å². The van der Waals surface area contributed by atoms with Gasteiger partial charge in [0.1, 0.15) is 47.1 Å². The van der Waals surface area contributed by atoms with Crippen LogP contribution in [0.1, 0.15) is 157 Å². The zero-order chi connectivity index (χ0) is 87.0. The van der Waals surface area contributed by atoms with Crippen LogP contribution in [0.4, 0.5) is 9.59 Å². The van der Waals surface area contributed by atoms with Gasteiger partial charge in [-0.15, -0.1) is 10.1 Å². The number of methoxy groups -OCH3 is 2. The maximum atomic E-state index is 14.6. The normalized spacial score (nSPS) is 21.8. The number of aliphatic hydroxyl groups excluding tert-OH is 1. The van der Waals surface area contributed by atoms with Gasteiger partial charge >= 0.3 is 24.1 Å². The Balaban J connectivity index is 0.000000200. The third-order valence-corrected chi connectivity index (χ3v) is 24.0. The van der Waals surface area contributed by atoms with Gasteiger partial charge in [-0.05, 0) is 155 Å². The van der Waals surface area contributed by atoms with E-state index in [1.807, 2.05) is 113 Å². The van der Waals surface area contributed by atoms with Crippen LogP contribution in [0.15, 0.2) is 73.1 Å². The molecule has 16 rings (SSSR count). The number of piperazine rings is 2. The number of nitrogens with zero attached hydrogens (tertiary/aromatic N) is 6. The number of alkyl carbamates (subject to hydrolysis) is 2. The van der Waals surface area contributed by atoms with Crippen LogP contribution in [0.25, 0.3) is 21.8 Å². The number of ether oxygens (including phenoxy) is 10. The van der Waals surface area contributed by atoms with Crippen molar-refractivity contribution >= 4 is 57.7 Å². The SMILES string of the molecule is COc1c(C)cc2c(c1O)[C@@H]1C3Cc4c(OC(C)=O)c(C)c5c(c4[C@H](CNC(=O)[C@H](Cc4c[nH]c6ccccc46)NC(=O)OC(C)(C)C)N3[C@@H](C#N)[C@H](C2)N1C)OCO5.COc1c(C)cc2c(c1O)[C@@H]1C3Cc4c(OC(C)=O)c(C)c5c(c4[C@H](CNC(=O)[C@H](Cc4c[nH]c6ccccc46)NC(=O)OC(C)(C)C)N3[C@@H](O)[C@H](C2)N1C)OCO5.O=[N+]([O-])O.[Ag]. The minimum Gasteiger partial charge on any atom is -0.504 e. The molecule has 1 radical (unpaired) electrons. The molecule has 2 fully saturated rings. The molecule has 4 bridgehead atoms. The maximum absolute atomic E-state index is 14.6. The number of hydrogen-bond donors (Lipinski definition) is 10. The summed E-state index contributed by atoms with van der Waals surface area (Å²) in [4.78, 5) is 104. The number of rotatable bonds is 16. The molecule has 6 aromatic carbocycles. The first-order valence-electron chi connectivity index (χ1n) is 40.0. The van der Waals surface area contributed by atoms with Gasteiger partial charge in [-0.3, -0.25) is 38.8 Å². The molecule has 8 aliphatic heterocycles. The number of aromatic hydroxyl groups is 2. The van der Waals surface area contributed by atoms with Crippen LogP contribution in [-0.2, 0) is 89.6 Å². The number of benzene rings is 6. The number of H-pyrrole nitrogens is 2. The molecule has 10 N–H and O–H groups in total. The van der Waals surface area contributed by atoms with E-state index >= 15 is 0 Å². The molecule has 34 nitrogen and oxygen atoms in total. The topological polar surface area (TPSA) is 435 Å². The van der Waals surface area contributed by atoms with Crippen LogP contribution in [0.3, 0.4) is 0 Å². The third-order valence-electron chi connectivity index (χ3n) is 24.0. The summed E-state index contributed by atoms with van der Waals surface area (Å²) >= 11 is 0. The van der Waals surface area contributed by atoms with Crippen molar-refractivity contribution in [2.45, 2.75) is 206 Å². The van der Waals surface area contributed by atoms with E-state index in [9.17, 15) is 49.3 Å². The van der Waals surface area contributed by atoms with Crippen molar-refractivity contribution in [1.29, 1.82) is 5.26 Å². The van der Waals surface area contributed by atoms with Gasteiger partial charge in [-0.25, -0.2) is 9.59 Å². The second-order valence-corrected chi connectivity index (χ2v) is 33.8. The number of fused-ring (bicyclic) bond motifs is 20. The average Bonchev–Trinajstić information content (AvgIpc) is 1.46. The Kier molecular flexibility index (Phi) is 25.1. The quantitative estimate of drug-likeness (QED) is 0.0141. The molecular weight excluding hydrogens is 1670 g/mol. The van der Waals surface area contributed by atoms with Crippen LogP contribution in [0, 0.1) is 49.1 Å². The van der Waals surface area contributed by atoms with Crippen molar-refractivity contribution in [3.8, 4) is 63.6 Å². The van der Waals surface area contributed by atoms with E-state index in [4.69, 9.17) is 62.7 Å². The number of amides is 4.